The average Bonchev–Trinajstić information content (AvgIpc) is 2.59. The molecule has 1 heterocycles. The van der Waals surface area contributed by atoms with Crippen LogP contribution in [0.3, 0.4) is 0 Å². The summed E-state index contributed by atoms with van der Waals surface area (Å²) >= 11 is 0. The molecule has 0 fully saturated rings. The van der Waals surface area contributed by atoms with E-state index in [4.69, 9.17) is 5.26 Å². The van der Waals surface area contributed by atoms with Gasteiger partial charge in [0, 0.05) is 23.7 Å². The molecular formula is C9H5N3O2. The molecule has 0 atom stereocenters. The van der Waals surface area contributed by atoms with E-state index >= 15 is 0 Å². The standard InChI is InChI=1S/C9H5N3O2/c10-4-6-5-11-9-3-7(12(13)14)1-2-8(6)9/h1-3,5,11H. The number of hydrogen-bond donors (Lipinski definition) is 1. The molecule has 1 aromatic carbocycles. The number of H-pyrrole nitrogens is 1. The van der Waals surface area contributed by atoms with Gasteiger partial charge in [-0.2, -0.15) is 5.26 Å². The maximum Gasteiger partial charge on any atom is 0.271 e. The lowest BCUT2D eigenvalue weighted by Crippen LogP contribution is -1.86. The quantitative estimate of drug-likeness (QED) is 0.547. The van der Waals surface area contributed by atoms with Crippen LogP contribution in [-0.2, 0) is 0 Å². The summed E-state index contributed by atoms with van der Waals surface area (Å²) in [6.45, 7) is 0. The van der Waals surface area contributed by atoms with Gasteiger partial charge in [-0.25, -0.2) is 0 Å². The van der Waals surface area contributed by atoms with Crippen LogP contribution in [0, 0.1) is 21.4 Å². The number of nitro groups is 1. The predicted octanol–water partition coefficient (Wildman–Crippen LogP) is 1.95. The number of fused-ring (bicyclic) bond motifs is 1. The zero-order valence-corrected chi connectivity index (χ0v) is 7.02. The van der Waals surface area contributed by atoms with Crippen LogP contribution >= 0.6 is 0 Å². The summed E-state index contributed by atoms with van der Waals surface area (Å²) in [4.78, 5) is 12.8. The first-order valence-corrected chi connectivity index (χ1v) is 3.88. The molecule has 0 unspecified atom stereocenters. The zero-order chi connectivity index (χ0) is 10.1. The van der Waals surface area contributed by atoms with Crippen molar-refractivity contribution in [3.05, 3.63) is 40.1 Å². The third-order valence-corrected chi connectivity index (χ3v) is 2.00. The van der Waals surface area contributed by atoms with Crippen molar-refractivity contribution in [3.8, 4) is 6.07 Å². The van der Waals surface area contributed by atoms with Crippen LogP contribution in [0.4, 0.5) is 5.69 Å². The van der Waals surface area contributed by atoms with E-state index in [0.717, 1.165) is 0 Å². The summed E-state index contributed by atoms with van der Waals surface area (Å²) in [5.41, 5.74) is 1.12. The van der Waals surface area contributed by atoms with Gasteiger partial charge in [0.05, 0.1) is 16.0 Å². The summed E-state index contributed by atoms with van der Waals surface area (Å²) in [6, 6.07) is 6.37. The second-order valence-electron chi connectivity index (χ2n) is 2.80. The molecule has 1 aromatic heterocycles. The molecule has 14 heavy (non-hydrogen) atoms. The lowest BCUT2D eigenvalue weighted by molar-refractivity contribution is -0.384. The van der Waals surface area contributed by atoms with Crippen molar-refractivity contribution < 1.29 is 4.92 Å². The molecule has 5 heteroatoms. The van der Waals surface area contributed by atoms with Gasteiger partial charge in [-0.05, 0) is 6.07 Å². The van der Waals surface area contributed by atoms with Crippen molar-refractivity contribution in [1.29, 1.82) is 5.26 Å². The van der Waals surface area contributed by atoms with Gasteiger partial charge in [0.1, 0.15) is 6.07 Å². The number of nitro benzene ring substituents is 1. The number of rotatable bonds is 1. The average molecular weight is 187 g/mol. The molecular weight excluding hydrogens is 182 g/mol. The highest BCUT2D eigenvalue weighted by Crippen LogP contribution is 2.22. The second-order valence-corrected chi connectivity index (χ2v) is 2.80. The lowest BCUT2D eigenvalue weighted by Gasteiger charge is -1.91. The predicted molar refractivity (Wildman–Crippen MR) is 49.7 cm³/mol. The SMILES string of the molecule is N#Cc1c[nH]c2cc([N+](=O)[O-])ccc12. The van der Waals surface area contributed by atoms with E-state index < -0.39 is 4.92 Å². The van der Waals surface area contributed by atoms with Crippen LogP contribution in [0.25, 0.3) is 10.9 Å². The smallest absolute Gasteiger partial charge is 0.271 e. The third kappa shape index (κ3) is 1.10. The van der Waals surface area contributed by atoms with Gasteiger partial charge in [0.15, 0.2) is 0 Å². The Morgan fingerprint density at radius 1 is 1.50 bits per heavy atom. The maximum absolute atomic E-state index is 10.4. The minimum absolute atomic E-state index is 0.0174. The fraction of sp³-hybridized carbons (Fsp3) is 0. The van der Waals surface area contributed by atoms with Crippen molar-refractivity contribution in [2.45, 2.75) is 0 Å². The fourth-order valence-electron chi connectivity index (χ4n) is 1.32. The number of hydrogen-bond acceptors (Lipinski definition) is 3. The van der Waals surface area contributed by atoms with Gasteiger partial charge in [-0.1, -0.05) is 0 Å². The van der Waals surface area contributed by atoms with Crippen LogP contribution in [0.15, 0.2) is 24.4 Å². The van der Waals surface area contributed by atoms with E-state index in [1.807, 2.05) is 6.07 Å². The fourth-order valence-corrected chi connectivity index (χ4v) is 1.32. The minimum Gasteiger partial charge on any atom is -0.360 e. The molecule has 5 nitrogen and oxygen atoms in total. The van der Waals surface area contributed by atoms with Gasteiger partial charge < -0.3 is 4.98 Å². The molecule has 1 N–H and O–H groups in total. The first-order valence-electron chi connectivity index (χ1n) is 3.88. The molecule has 0 bridgehead atoms. The number of benzene rings is 1. The van der Waals surface area contributed by atoms with Crippen molar-refractivity contribution in [1.82, 2.24) is 4.98 Å². The highest BCUT2D eigenvalue weighted by molar-refractivity contribution is 5.87. The molecule has 0 radical (unpaired) electrons. The topological polar surface area (TPSA) is 82.7 Å². The molecule has 0 aliphatic rings. The highest BCUT2D eigenvalue weighted by atomic mass is 16.6. The summed E-state index contributed by atoms with van der Waals surface area (Å²) in [5.74, 6) is 0. The van der Waals surface area contributed by atoms with E-state index in [9.17, 15) is 10.1 Å². The minimum atomic E-state index is -0.466. The van der Waals surface area contributed by atoms with Gasteiger partial charge in [-0.3, -0.25) is 10.1 Å². The molecule has 0 saturated heterocycles. The Kier molecular flexibility index (Phi) is 1.68. The molecule has 0 aliphatic heterocycles. The number of nitrogens with one attached hydrogen (secondary N) is 1. The third-order valence-electron chi connectivity index (χ3n) is 2.00. The van der Waals surface area contributed by atoms with Gasteiger partial charge >= 0.3 is 0 Å². The number of aromatic amines is 1. The van der Waals surface area contributed by atoms with Crippen LogP contribution < -0.4 is 0 Å². The van der Waals surface area contributed by atoms with Crippen LogP contribution in [-0.4, -0.2) is 9.91 Å². The molecule has 0 spiro atoms. The number of non-ortho nitro benzene ring substituents is 1. The molecule has 68 valence electrons. The second kappa shape index (κ2) is 2.85. The number of nitrogens with zero attached hydrogens (tertiary/aromatic N) is 2. The van der Waals surface area contributed by atoms with Crippen molar-refractivity contribution in [2.75, 3.05) is 0 Å². The van der Waals surface area contributed by atoms with Crippen LogP contribution in [0.2, 0.25) is 0 Å². The molecule has 0 aliphatic carbocycles. The molecule has 0 amide bonds. The monoisotopic (exact) mass is 187 g/mol. The van der Waals surface area contributed by atoms with E-state index in [1.165, 1.54) is 18.3 Å². The maximum atomic E-state index is 10.4. The van der Waals surface area contributed by atoms with E-state index in [1.54, 1.807) is 6.07 Å². The normalized spacial score (nSPS) is 9.93. The van der Waals surface area contributed by atoms with Crippen LogP contribution in [0.1, 0.15) is 5.56 Å². The van der Waals surface area contributed by atoms with E-state index in [0.29, 0.717) is 16.5 Å². The first-order chi connectivity index (χ1) is 6.72. The van der Waals surface area contributed by atoms with E-state index in [2.05, 4.69) is 4.98 Å². The summed E-state index contributed by atoms with van der Waals surface area (Å²) in [5, 5.41) is 19.9. The Balaban J connectivity index is 2.70. The Labute approximate surface area is 78.7 Å². The molecule has 2 aromatic rings. The summed E-state index contributed by atoms with van der Waals surface area (Å²) in [7, 11) is 0. The number of aromatic nitrogens is 1. The van der Waals surface area contributed by atoms with Gasteiger partial charge in [0.25, 0.3) is 5.69 Å². The van der Waals surface area contributed by atoms with Gasteiger partial charge in [-0.15, -0.1) is 0 Å². The molecule has 2 rings (SSSR count). The van der Waals surface area contributed by atoms with Crippen LogP contribution in [0.5, 0.6) is 0 Å². The summed E-state index contributed by atoms with van der Waals surface area (Å²) in [6.07, 6.45) is 1.54. The van der Waals surface area contributed by atoms with E-state index in [-0.39, 0.29) is 5.69 Å². The highest BCUT2D eigenvalue weighted by Gasteiger charge is 2.09. The Morgan fingerprint density at radius 2 is 2.29 bits per heavy atom. The summed E-state index contributed by atoms with van der Waals surface area (Å²) < 4.78 is 0. The Hall–Kier alpha value is -2.35. The van der Waals surface area contributed by atoms with Crippen molar-refractivity contribution >= 4 is 16.6 Å². The van der Waals surface area contributed by atoms with Crippen molar-refractivity contribution in [3.63, 3.8) is 0 Å². The number of nitriles is 1. The lowest BCUT2D eigenvalue weighted by atomic mass is 10.2. The largest absolute Gasteiger partial charge is 0.360 e. The molecule has 0 saturated carbocycles. The van der Waals surface area contributed by atoms with Crippen molar-refractivity contribution in [2.24, 2.45) is 0 Å². The zero-order valence-electron chi connectivity index (χ0n) is 7.02. The Bertz CT molecular complexity index is 551. The van der Waals surface area contributed by atoms with Gasteiger partial charge in [0.2, 0.25) is 0 Å². The first kappa shape index (κ1) is 8.26. The Morgan fingerprint density at radius 3 is 2.93 bits per heavy atom.